The molecular formula is C15H25N3O3. The molecule has 0 bridgehead atoms. The number of nitrogens with zero attached hydrogens (tertiary/aromatic N) is 3. The highest BCUT2D eigenvalue weighted by molar-refractivity contribution is 5.41. The van der Waals surface area contributed by atoms with Crippen LogP contribution in [0.4, 0.5) is 5.69 Å². The van der Waals surface area contributed by atoms with Gasteiger partial charge in [-0.25, -0.2) is 4.68 Å². The van der Waals surface area contributed by atoms with Crippen LogP contribution in [0.25, 0.3) is 0 Å². The molecule has 0 amide bonds. The lowest BCUT2D eigenvalue weighted by Crippen LogP contribution is -2.33. The average molecular weight is 295 g/mol. The first-order chi connectivity index (χ1) is 10.1. The molecular weight excluding hydrogens is 270 g/mol. The van der Waals surface area contributed by atoms with Gasteiger partial charge in [-0.15, -0.1) is 0 Å². The lowest BCUT2D eigenvalue weighted by Gasteiger charge is -2.20. The Morgan fingerprint density at radius 1 is 1.52 bits per heavy atom. The number of likely N-dealkylation sites (N-methyl/N-ethyl adjacent to an activating group) is 1. The van der Waals surface area contributed by atoms with E-state index in [9.17, 15) is 9.90 Å². The minimum Gasteiger partial charge on any atom is -0.391 e. The second-order valence-electron chi connectivity index (χ2n) is 5.76. The monoisotopic (exact) mass is 295 g/mol. The first kappa shape index (κ1) is 16.0. The maximum Gasteiger partial charge on any atom is 0.268 e. The van der Waals surface area contributed by atoms with Crippen LogP contribution in [0, 0.1) is 5.92 Å². The van der Waals surface area contributed by atoms with E-state index in [1.54, 1.807) is 19.4 Å². The number of anilines is 1. The maximum atomic E-state index is 12.1. The molecule has 6 nitrogen and oxygen atoms in total. The van der Waals surface area contributed by atoms with Crippen molar-refractivity contribution >= 4 is 5.69 Å². The molecule has 1 heterocycles. The molecule has 0 aromatic carbocycles. The summed E-state index contributed by atoms with van der Waals surface area (Å²) in [4.78, 5) is 14.0. The molecule has 1 saturated carbocycles. The Kier molecular flexibility index (Phi) is 5.76. The molecule has 1 N–H and O–H groups in total. The van der Waals surface area contributed by atoms with E-state index in [0.717, 1.165) is 18.5 Å². The smallest absolute Gasteiger partial charge is 0.268 e. The fourth-order valence-electron chi connectivity index (χ4n) is 2.80. The maximum absolute atomic E-state index is 12.1. The first-order valence-electron chi connectivity index (χ1n) is 7.57. The zero-order valence-corrected chi connectivity index (χ0v) is 12.9. The van der Waals surface area contributed by atoms with Crippen molar-refractivity contribution in [2.75, 3.05) is 32.2 Å². The molecule has 0 saturated heterocycles. The summed E-state index contributed by atoms with van der Waals surface area (Å²) in [6, 6.07) is 1.56. The highest BCUT2D eigenvalue weighted by Gasteiger charge is 2.24. The minimum absolute atomic E-state index is 0.172. The lowest BCUT2D eigenvalue weighted by atomic mass is 10.0. The molecule has 1 unspecified atom stereocenters. The number of hydrogen-bond donors (Lipinski definition) is 1. The fourth-order valence-corrected chi connectivity index (χ4v) is 2.80. The zero-order chi connectivity index (χ0) is 15.2. The largest absolute Gasteiger partial charge is 0.391 e. The molecule has 118 valence electrons. The van der Waals surface area contributed by atoms with Crippen LogP contribution in [0.15, 0.2) is 17.1 Å². The Hall–Kier alpha value is -1.40. The third-order valence-electron chi connectivity index (χ3n) is 4.23. The van der Waals surface area contributed by atoms with Crippen LogP contribution < -0.4 is 10.5 Å². The number of ether oxygens (including phenoxy) is 1. The van der Waals surface area contributed by atoms with Gasteiger partial charge in [-0.3, -0.25) is 4.79 Å². The predicted molar refractivity (Wildman–Crippen MR) is 81.6 cm³/mol. The molecule has 1 fully saturated rings. The normalized spacial score (nSPS) is 17.1. The number of rotatable bonds is 7. The summed E-state index contributed by atoms with van der Waals surface area (Å²) in [7, 11) is 3.54. The second-order valence-corrected chi connectivity index (χ2v) is 5.76. The van der Waals surface area contributed by atoms with Gasteiger partial charge in [0.05, 0.1) is 31.1 Å². The van der Waals surface area contributed by atoms with Gasteiger partial charge in [-0.1, -0.05) is 12.8 Å². The van der Waals surface area contributed by atoms with E-state index in [4.69, 9.17) is 4.74 Å². The molecule has 1 aromatic rings. The second kappa shape index (κ2) is 7.56. The van der Waals surface area contributed by atoms with Gasteiger partial charge in [-0.05, 0) is 18.8 Å². The molecule has 2 rings (SSSR count). The Balaban J connectivity index is 2.00. The van der Waals surface area contributed by atoms with Crippen molar-refractivity contribution in [1.29, 1.82) is 0 Å². The van der Waals surface area contributed by atoms with Gasteiger partial charge in [-0.2, -0.15) is 5.10 Å². The standard InChI is InChI=1S/C15H25N3O3/c1-17(7-8-21-2)13-9-15(20)18(16-10-13)11-14(19)12-5-3-4-6-12/h9-10,12,14,19H,3-8,11H2,1-2H3. The third-order valence-corrected chi connectivity index (χ3v) is 4.23. The number of aliphatic hydroxyl groups excluding tert-OH is 1. The van der Waals surface area contributed by atoms with Gasteiger partial charge >= 0.3 is 0 Å². The highest BCUT2D eigenvalue weighted by Crippen LogP contribution is 2.28. The van der Waals surface area contributed by atoms with Crippen molar-refractivity contribution in [2.45, 2.75) is 38.3 Å². The summed E-state index contributed by atoms with van der Waals surface area (Å²) < 4.78 is 6.38. The van der Waals surface area contributed by atoms with E-state index in [1.807, 2.05) is 11.9 Å². The number of methoxy groups -OCH3 is 1. The van der Waals surface area contributed by atoms with E-state index in [-0.39, 0.29) is 12.1 Å². The number of aromatic nitrogens is 2. The Bertz CT molecular complexity index is 497. The van der Waals surface area contributed by atoms with Crippen LogP contribution in [0.3, 0.4) is 0 Å². The molecule has 0 spiro atoms. The van der Waals surface area contributed by atoms with Crippen LogP contribution in [0.5, 0.6) is 0 Å². The van der Waals surface area contributed by atoms with Crippen LogP contribution in [-0.2, 0) is 11.3 Å². The third kappa shape index (κ3) is 4.28. The molecule has 1 aromatic heterocycles. The highest BCUT2D eigenvalue weighted by atomic mass is 16.5. The van der Waals surface area contributed by atoms with Crippen molar-refractivity contribution in [3.8, 4) is 0 Å². The summed E-state index contributed by atoms with van der Waals surface area (Å²) in [5.74, 6) is 0.308. The fraction of sp³-hybridized carbons (Fsp3) is 0.733. The van der Waals surface area contributed by atoms with Crippen LogP contribution in [0.2, 0.25) is 0 Å². The Labute approximate surface area is 125 Å². The van der Waals surface area contributed by atoms with Crippen molar-refractivity contribution in [3.63, 3.8) is 0 Å². The molecule has 1 aliphatic carbocycles. The summed E-state index contributed by atoms with van der Waals surface area (Å²) >= 11 is 0. The Morgan fingerprint density at radius 2 is 2.24 bits per heavy atom. The van der Waals surface area contributed by atoms with Crippen LogP contribution in [-0.4, -0.2) is 48.3 Å². The van der Waals surface area contributed by atoms with Crippen molar-refractivity contribution < 1.29 is 9.84 Å². The number of hydrogen-bond acceptors (Lipinski definition) is 5. The molecule has 0 radical (unpaired) electrons. The quantitative estimate of drug-likeness (QED) is 0.808. The minimum atomic E-state index is -0.477. The number of aliphatic hydroxyl groups is 1. The Morgan fingerprint density at radius 3 is 2.86 bits per heavy atom. The molecule has 0 aliphatic heterocycles. The van der Waals surface area contributed by atoms with E-state index < -0.39 is 6.10 Å². The van der Waals surface area contributed by atoms with Gasteiger partial charge in [0.15, 0.2) is 0 Å². The van der Waals surface area contributed by atoms with Crippen molar-refractivity contribution in [2.24, 2.45) is 5.92 Å². The molecule has 6 heteroatoms. The van der Waals surface area contributed by atoms with E-state index >= 15 is 0 Å². The summed E-state index contributed by atoms with van der Waals surface area (Å²) in [5.41, 5.74) is 0.595. The summed E-state index contributed by atoms with van der Waals surface area (Å²) in [6.07, 6.45) is 5.63. The van der Waals surface area contributed by atoms with Gasteiger partial charge in [0.25, 0.3) is 5.56 Å². The SMILES string of the molecule is COCCN(C)c1cnn(CC(O)C2CCCC2)c(=O)c1. The van der Waals surface area contributed by atoms with Crippen molar-refractivity contribution in [1.82, 2.24) is 9.78 Å². The topological polar surface area (TPSA) is 67.6 Å². The molecule has 21 heavy (non-hydrogen) atoms. The van der Waals surface area contributed by atoms with Gasteiger partial charge < -0.3 is 14.7 Å². The van der Waals surface area contributed by atoms with E-state index in [2.05, 4.69) is 5.10 Å². The zero-order valence-electron chi connectivity index (χ0n) is 12.9. The van der Waals surface area contributed by atoms with Gasteiger partial charge in [0.1, 0.15) is 0 Å². The van der Waals surface area contributed by atoms with Crippen molar-refractivity contribution in [3.05, 3.63) is 22.6 Å². The van der Waals surface area contributed by atoms with Gasteiger partial charge in [0.2, 0.25) is 0 Å². The summed E-state index contributed by atoms with van der Waals surface area (Å²) in [6.45, 7) is 1.58. The molecule has 1 aliphatic rings. The predicted octanol–water partition coefficient (Wildman–Crippen LogP) is 0.877. The lowest BCUT2D eigenvalue weighted by molar-refractivity contribution is 0.0878. The average Bonchev–Trinajstić information content (AvgIpc) is 3.01. The summed E-state index contributed by atoms with van der Waals surface area (Å²) in [5, 5.41) is 14.4. The molecule has 1 atom stereocenters. The first-order valence-corrected chi connectivity index (χ1v) is 7.57. The van der Waals surface area contributed by atoms with Crippen LogP contribution >= 0.6 is 0 Å². The van der Waals surface area contributed by atoms with Crippen LogP contribution in [0.1, 0.15) is 25.7 Å². The van der Waals surface area contributed by atoms with E-state index in [0.29, 0.717) is 19.1 Å². The van der Waals surface area contributed by atoms with Gasteiger partial charge in [0, 0.05) is 26.8 Å². The van der Waals surface area contributed by atoms with E-state index in [1.165, 1.54) is 17.5 Å².